The van der Waals surface area contributed by atoms with Crippen LogP contribution in [0, 0.1) is 0 Å². The lowest BCUT2D eigenvalue weighted by atomic mass is 10.2. The number of nitrogens with zero attached hydrogens (tertiary/aromatic N) is 3. The van der Waals surface area contributed by atoms with Gasteiger partial charge in [-0.1, -0.05) is 0 Å². The van der Waals surface area contributed by atoms with Crippen LogP contribution in [0.15, 0.2) is 48.5 Å². The Morgan fingerprint density at radius 2 is 1.40 bits per heavy atom. The minimum atomic E-state index is 0.262. The molecule has 2 fully saturated rings. The minimum absolute atomic E-state index is 0.262. The second-order valence-electron chi connectivity index (χ2n) is 8.00. The third-order valence-corrected chi connectivity index (χ3v) is 6.16. The van der Waals surface area contributed by atoms with Gasteiger partial charge in [0.25, 0.3) is 5.91 Å². The van der Waals surface area contributed by atoms with Crippen LogP contribution in [0.5, 0.6) is 11.5 Å². The molecule has 2 aromatic rings. The third kappa shape index (κ3) is 4.79. The normalized spacial score (nSPS) is 17.8. The molecule has 2 aliphatic heterocycles. The molecule has 0 bridgehead atoms. The predicted molar refractivity (Wildman–Crippen MR) is 118 cm³/mol. The van der Waals surface area contributed by atoms with E-state index >= 15 is 0 Å². The van der Waals surface area contributed by atoms with Crippen LogP contribution in [0.3, 0.4) is 0 Å². The van der Waals surface area contributed by atoms with Crippen molar-refractivity contribution in [2.24, 2.45) is 0 Å². The lowest BCUT2D eigenvalue weighted by Gasteiger charge is -2.37. The number of carbonyl (C=O) groups is 1. The van der Waals surface area contributed by atoms with Crippen molar-refractivity contribution in [1.29, 1.82) is 0 Å². The van der Waals surface area contributed by atoms with Gasteiger partial charge in [-0.15, -0.1) is 0 Å². The fraction of sp³-hybridized carbons (Fsp3) is 0.435. The summed E-state index contributed by atoms with van der Waals surface area (Å²) in [5, 5.41) is 9.45. The topological polar surface area (TPSA) is 60.7 Å². The largest absolute Gasteiger partial charge is 0.508 e. The number of piperazine rings is 2. The van der Waals surface area contributed by atoms with E-state index in [1.165, 1.54) is 10.6 Å². The standard InChI is InChI=1S/C23H30N4O3/c1-30-22-8-4-20(5-9-22)26-14-16-27(17-15-26)23(29)18-24-10-12-25(13-11-24)19-2-6-21(28)7-3-19/h2-9,28H,10-18H2,1H3/p+1. The molecule has 7 heteroatoms. The number of ether oxygens (including phenoxy) is 1. The summed E-state index contributed by atoms with van der Waals surface area (Å²) in [7, 11) is 1.68. The highest BCUT2D eigenvalue weighted by atomic mass is 16.5. The highest BCUT2D eigenvalue weighted by Crippen LogP contribution is 2.21. The monoisotopic (exact) mass is 411 g/mol. The minimum Gasteiger partial charge on any atom is -0.508 e. The van der Waals surface area contributed by atoms with Crippen molar-refractivity contribution in [3.05, 3.63) is 48.5 Å². The van der Waals surface area contributed by atoms with E-state index in [0.29, 0.717) is 12.3 Å². The van der Waals surface area contributed by atoms with Gasteiger partial charge in [0, 0.05) is 37.6 Å². The zero-order valence-corrected chi connectivity index (χ0v) is 17.6. The third-order valence-electron chi connectivity index (χ3n) is 6.16. The Balaban J connectivity index is 1.22. The Labute approximate surface area is 178 Å². The number of amides is 1. The highest BCUT2D eigenvalue weighted by molar-refractivity contribution is 5.77. The molecule has 2 aliphatic rings. The van der Waals surface area contributed by atoms with Crippen molar-refractivity contribution in [2.75, 3.05) is 75.8 Å². The van der Waals surface area contributed by atoms with Crippen LogP contribution >= 0.6 is 0 Å². The average molecular weight is 412 g/mol. The first-order valence-corrected chi connectivity index (χ1v) is 10.7. The van der Waals surface area contributed by atoms with Crippen molar-refractivity contribution < 1.29 is 19.5 Å². The van der Waals surface area contributed by atoms with Gasteiger partial charge in [0.15, 0.2) is 6.54 Å². The second kappa shape index (κ2) is 9.26. The zero-order valence-electron chi connectivity index (χ0n) is 17.6. The number of anilines is 2. The van der Waals surface area contributed by atoms with E-state index in [0.717, 1.165) is 63.8 Å². The van der Waals surface area contributed by atoms with Gasteiger partial charge in [-0.05, 0) is 48.5 Å². The van der Waals surface area contributed by atoms with E-state index in [-0.39, 0.29) is 5.91 Å². The molecule has 1 amide bonds. The Morgan fingerprint density at radius 1 is 0.867 bits per heavy atom. The van der Waals surface area contributed by atoms with E-state index in [1.54, 1.807) is 19.2 Å². The molecule has 0 radical (unpaired) electrons. The van der Waals surface area contributed by atoms with E-state index in [2.05, 4.69) is 21.9 Å². The fourth-order valence-corrected chi connectivity index (χ4v) is 4.25. The van der Waals surface area contributed by atoms with E-state index in [9.17, 15) is 9.90 Å². The lowest BCUT2D eigenvalue weighted by Crippen LogP contribution is -3.16. The number of quaternary nitrogens is 1. The van der Waals surface area contributed by atoms with Gasteiger partial charge in [-0.25, -0.2) is 0 Å². The summed E-state index contributed by atoms with van der Waals surface area (Å²) in [6, 6.07) is 15.5. The molecule has 0 spiro atoms. The van der Waals surface area contributed by atoms with Gasteiger partial charge in [0.2, 0.25) is 0 Å². The Bertz CT molecular complexity index is 825. The number of hydrogen-bond acceptors (Lipinski definition) is 5. The molecule has 2 aromatic carbocycles. The lowest BCUT2D eigenvalue weighted by molar-refractivity contribution is -0.892. The van der Waals surface area contributed by atoms with Crippen LogP contribution < -0.4 is 19.4 Å². The van der Waals surface area contributed by atoms with Gasteiger partial charge in [0.1, 0.15) is 11.5 Å². The molecule has 0 aromatic heterocycles. The summed E-state index contributed by atoms with van der Waals surface area (Å²) in [4.78, 5) is 20.8. The molecule has 0 aliphatic carbocycles. The smallest absolute Gasteiger partial charge is 0.277 e. The molecule has 2 N–H and O–H groups in total. The number of nitrogens with one attached hydrogen (secondary N) is 1. The first-order chi connectivity index (χ1) is 14.6. The van der Waals surface area contributed by atoms with Gasteiger partial charge in [-0.2, -0.15) is 0 Å². The second-order valence-corrected chi connectivity index (χ2v) is 8.00. The van der Waals surface area contributed by atoms with Crippen molar-refractivity contribution in [3.63, 3.8) is 0 Å². The Morgan fingerprint density at radius 3 is 1.97 bits per heavy atom. The molecule has 7 nitrogen and oxygen atoms in total. The highest BCUT2D eigenvalue weighted by Gasteiger charge is 2.27. The quantitative estimate of drug-likeness (QED) is 0.749. The Hall–Kier alpha value is -2.93. The molecule has 2 saturated heterocycles. The van der Waals surface area contributed by atoms with Crippen LogP contribution in [0.25, 0.3) is 0 Å². The molecule has 0 unspecified atom stereocenters. The predicted octanol–water partition coefficient (Wildman–Crippen LogP) is 0.455. The zero-order chi connectivity index (χ0) is 20.9. The van der Waals surface area contributed by atoms with E-state index < -0.39 is 0 Å². The first-order valence-electron chi connectivity index (χ1n) is 10.7. The van der Waals surface area contributed by atoms with Crippen LogP contribution in [0.4, 0.5) is 11.4 Å². The fourth-order valence-electron chi connectivity index (χ4n) is 4.25. The number of methoxy groups -OCH3 is 1. The molecule has 0 atom stereocenters. The van der Waals surface area contributed by atoms with Crippen molar-refractivity contribution in [2.45, 2.75) is 0 Å². The van der Waals surface area contributed by atoms with E-state index in [1.807, 2.05) is 29.2 Å². The summed E-state index contributed by atoms with van der Waals surface area (Å²) in [5.41, 5.74) is 2.31. The van der Waals surface area contributed by atoms with E-state index in [4.69, 9.17) is 4.74 Å². The number of carbonyl (C=O) groups excluding carboxylic acids is 1. The van der Waals surface area contributed by atoms with Crippen molar-refractivity contribution in [3.8, 4) is 11.5 Å². The number of rotatable bonds is 5. The summed E-state index contributed by atoms with van der Waals surface area (Å²) < 4.78 is 5.23. The molecular formula is C23H31N4O3+. The van der Waals surface area contributed by atoms with Gasteiger partial charge in [0.05, 0.1) is 33.3 Å². The number of benzene rings is 2. The molecule has 2 heterocycles. The number of phenols is 1. The first kappa shape index (κ1) is 20.3. The molecule has 0 saturated carbocycles. The number of hydrogen-bond donors (Lipinski definition) is 2. The SMILES string of the molecule is COc1ccc(N2CCN(C(=O)C[NH+]3CCN(c4ccc(O)cc4)CC3)CC2)cc1. The Kier molecular flexibility index (Phi) is 6.28. The summed E-state index contributed by atoms with van der Waals surface area (Å²) >= 11 is 0. The average Bonchev–Trinajstić information content (AvgIpc) is 2.80. The molecular weight excluding hydrogens is 380 g/mol. The number of aromatic hydroxyl groups is 1. The molecule has 4 rings (SSSR count). The van der Waals surface area contributed by atoms with Crippen molar-refractivity contribution >= 4 is 17.3 Å². The molecule has 30 heavy (non-hydrogen) atoms. The maximum Gasteiger partial charge on any atom is 0.277 e. The van der Waals surface area contributed by atoms with Crippen LogP contribution in [-0.4, -0.2) is 81.9 Å². The molecule has 160 valence electrons. The van der Waals surface area contributed by atoms with Crippen LogP contribution in [-0.2, 0) is 4.79 Å². The summed E-state index contributed by atoms with van der Waals surface area (Å²) in [6.07, 6.45) is 0. The van der Waals surface area contributed by atoms with Crippen LogP contribution in [0.1, 0.15) is 0 Å². The maximum atomic E-state index is 12.8. The summed E-state index contributed by atoms with van der Waals surface area (Å²) in [6.45, 7) is 7.62. The van der Waals surface area contributed by atoms with Crippen molar-refractivity contribution in [1.82, 2.24) is 4.90 Å². The van der Waals surface area contributed by atoms with Gasteiger partial charge in [-0.3, -0.25) is 4.79 Å². The maximum absolute atomic E-state index is 12.8. The number of phenolic OH excluding ortho intramolecular Hbond substituents is 1. The van der Waals surface area contributed by atoms with Gasteiger partial charge < -0.3 is 29.4 Å². The summed E-state index contributed by atoms with van der Waals surface area (Å²) in [5.74, 6) is 1.42. The van der Waals surface area contributed by atoms with Crippen LogP contribution in [0.2, 0.25) is 0 Å². The van der Waals surface area contributed by atoms with Gasteiger partial charge >= 0.3 is 0 Å².